The van der Waals surface area contributed by atoms with Crippen LogP contribution in [0.15, 0.2) is 18.2 Å². The first-order chi connectivity index (χ1) is 9.65. The predicted octanol–water partition coefficient (Wildman–Crippen LogP) is 1.49. The molecule has 1 saturated heterocycles. The number of nitrogens with two attached hydrogens (primary N) is 1. The van der Waals surface area contributed by atoms with Crippen LogP contribution in [0.3, 0.4) is 0 Å². The molecule has 0 saturated carbocycles. The number of hydrogen-bond acceptors (Lipinski definition) is 4. The van der Waals surface area contributed by atoms with E-state index in [0.29, 0.717) is 29.6 Å². The lowest BCUT2D eigenvalue weighted by Crippen LogP contribution is -2.40. The average Bonchev–Trinajstić information content (AvgIpc) is 2.92. The van der Waals surface area contributed by atoms with E-state index in [1.54, 1.807) is 25.3 Å². The van der Waals surface area contributed by atoms with E-state index in [1.165, 1.54) is 6.42 Å². The average molecular weight is 277 g/mol. The molecule has 0 aromatic heterocycles. The van der Waals surface area contributed by atoms with Gasteiger partial charge in [-0.3, -0.25) is 9.69 Å². The fourth-order valence-electron chi connectivity index (χ4n) is 2.73. The van der Waals surface area contributed by atoms with E-state index in [2.05, 4.69) is 17.1 Å². The number of nitrogen functional groups attached to an aromatic ring is 1. The Hall–Kier alpha value is -1.75. The van der Waals surface area contributed by atoms with Crippen molar-refractivity contribution in [1.82, 2.24) is 10.2 Å². The van der Waals surface area contributed by atoms with E-state index >= 15 is 0 Å². The van der Waals surface area contributed by atoms with Crippen molar-refractivity contribution in [2.24, 2.45) is 0 Å². The molecule has 1 amide bonds. The third-order valence-corrected chi connectivity index (χ3v) is 3.90. The van der Waals surface area contributed by atoms with Gasteiger partial charge in [-0.05, 0) is 44.1 Å². The number of carbonyl (C=O) groups excluding carboxylic acids is 1. The van der Waals surface area contributed by atoms with Crippen molar-refractivity contribution < 1.29 is 9.53 Å². The van der Waals surface area contributed by atoms with Gasteiger partial charge in [0.05, 0.1) is 12.8 Å². The van der Waals surface area contributed by atoms with Crippen LogP contribution in [-0.4, -0.2) is 43.6 Å². The fourth-order valence-corrected chi connectivity index (χ4v) is 2.73. The van der Waals surface area contributed by atoms with E-state index in [9.17, 15) is 4.79 Å². The van der Waals surface area contributed by atoms with Crippen LogP contribution in [0.5, 0.6) is 5.75 Å². The first kappa shape index (κ1) is 14.7. The van der Waals surface area contributed by atoms with Gasteiger partial charge >= 0.3 is 0 Å². The summed E-state index contributed by atoms with van der Waals surface area (Å²) in [5.41, 5.74) is 6.87. The highest BCUT2D eigenvalue weighted by Gasteiger charge is 2.23. The van der Waals surface area contributed by atoms with Gasteiger partial charge in [0.2, 0.25) is 0 Å². The molecular weight excluding hydrogens is 254 g/mol. The van der Waals surface area contributed by atoms with Crippen molar-refractivity contribution >= 4 is 11.6 Å². The molecule has 1 aliphatic rings. The minimum atomic E-state index is -0.0812. The van der Waals surface area contributed by atoms with Gasteiger partial charge in [-0.1, -0.05) is 6.92 Å². The molecule has 1 aromatic carbocycles. The van der Waals surface area contributed by atoms with Crippen LogP contribution in [0.2, 0.25) is 0 Å². The molecule has 1 heterocycles. The first-order valence-electron chi connectivity index (χ1n) is 7.11. The van der Waals surface area contributed by atoms with Crippen molar-refractivity contribution in [2.75, 3.05) is 32.5 Å². The van der Waals surface area contributed by atoms with E-state index in [-0.39, 0.29) is 5.91 Å². The van der Waals surface area contributed by atoms with E-state index in [0.717, 1.165) is 19.5 Å². The van der Waals surface area contributed by atoms with Gasteiger partial charge in [-0.25, -0.2) is 0 Å². The summed E-state index contributed by atoms with van der Waals surface area (Å²) in [5.74, 6) is 0.511. The molecule has 0 aliphatic carbocycles. The lowest BCUT2D eigenvalue weighted by molar-refractivity contribution is 0.0941. The summed E-state index contributed by atoms with van der Waals surface area (Å²) in [6.45, 7) is 5.02. The Morgan fingerprint density at radius 2 is 2.35 bits per heavy atom. The Morgan fingerprint density at radius 1 is 1.55 bits per heavy atom. The minimum Gasteiger partial charge on any atom is -0.495 e. The molecule has 0 spiro atoms. The van der Waals surface area contributed by atoms with Gasteiger partial charge in [0, 0.05) is 18.2 Å². The van der Waals surface area contributed by atoms with Gasteiger partial charge in [-0.2, -0.15) is 0 Å². The molecule has 1 atom stereocenters. The third-order valence-electron chi connectivity index (χ3n) is 3.90. The lowest BCUT2D eigenvalue weighted by atomic mass is 10.1. The number of amides is 1. The number of rotatable bonds is 5. The molecule has 3 N–H and O–H groups in total. The van der Waals surface area contributed by atoms with Crippen molar-refractivity contribution in [3.63, 3.8) is 0 Å². The standard InChI is InChI=1S/C15H23N3O2/c1-3-18-8-4-5-12(18)10-17-15(19)11-6-7-14(20-2)13(16)9-11/h6-7,9,12H,3-5,8,10,16H2,1-2H3,(H,17,19). The summed E-state index contributed by atoms with van der Waals surface area (Å²) < 4.78 is 5.09. The molecule has 0 radical (unpaired) electrons. The molecule has 2 rings (SSSR count). The maximum Gasteiger partial charge on any atom is 0.251 e. The van der Waals surface area contributed by atoms with E-state index < -0.39 is 0 Å². The molecule has 1 unspecified atom stereocenters. The monoisotopic (exact) mass is 277 g/mol. The van der Waals surface area contributed by atoms with Crippen LogP contribution >= 0.6 is 0 Å². The second kappa shape index (κ2) is 6.61. The van der Waals surface area contributed by atoms with Crippen molar-refractivity contribution in [3.8, 4) is 5.75 Å². The predicted molar refractivity (Wildman–Crippen MR) is 80.0 cm³/mol. The van der Waals surface area contributed by atoms with Crippen LogP contribution in [0, 0.1) is 0 Å². The molecule has 20 heavy (non-hydrogen) atoms. The summed E-state index contributed by atoms with van der Waals surface area (Å²) in [4.78, 5) is 14.5. The zero-order valence-corrected chi connectivity index (χ0v) is 12.2. The second-order valence-corrected chi connectivity index (χ2v) is 5.09. The van der Waals surface area contributed by atoms with Gasteiger partial charge in [-0.15, -0.1) is 0 Å². The maximum atomic E-state index is 12.1. The number of anilines is 1. The summed E-state index contributed by atoms with van der Waals surface area (Å²) in [6, 6.07) is 5.56. The molecule has 5 nitrogen and oxygen atoms in total. The topological polar surface area (TPSA) is 67.6 Å². The SMILES string of the molecule is CCN1CCCC1CNC(=O)c1ccc(OC)c(N)c1. The van der Waals surface area contributed by atoms with E-state index in [1.807, 2.05) is 0 Å². The highest BCUT2D eigenvalue weighted by atomic mass is 16.5. The second-order valence-electron chi connectivity index (χ2n) is 5.09. The third kappa shape index (κ3) is 3.22. The number of hydrogen-bond donors (Lipinski definition) is 2. The zero-order chi connectivity index (χ0) is 14.5. The van der Waals surface area contributed by atoms with Crippen molar-refractivity contribution in [2.45, 2.75) is 25.8 Å². The zero-order valence-electron chi connectivity index (χ0n) is 12.2. The van der Waals surface area contributed by atoms with Crippen LogP contribution < -0.4 is 15.8 Å². The Morgan fingerprint density at radius 3 is 3.00 bits per heavy atom. The number of likely N-dealkylation sites (tertiary alicyclic amines) is 1. The Labute approximate surface area is 120 Å². The maximum absolute atomic E-state index is 12.1. The van der Waals surface area contributed by atoms with Crippen LogP contribution in [0.4, 0.5) is 5.69 Å². The molecule has 110 valence electrons. The number of nitrogens with one attached hydrogen (secondary N) is 1. The molecule has 0 bridgehead atoms. The Balaban J connectivity index is 1.93. The highest BCUT2D eigenvalue weighted by Crippen LogP contribution is 2.22. The van der Waals surface area contributed by atoms with Gasteiger partial charge in [0.15, 0.2) is 0 Å². The van der Waals surface area contributed by atoms with Gasteiger partial charge in [0.25, 0.3) is 5.91 Å². The van der Waals surface area contributed by atoms with Gasteiger partial charge in [0.1, 0.15) is 5.75 Å². The summed E-state index contributed by atoms with van der Waals surface area (Å²) in [7, 11) is 1.56. The summed E-state index contributed by atoms with van der Waals surface area (Å²) in [6.07, 6.45) is 2.36. The highest BCUT2D eigenvalue weighted by molar-refractivity contribution is 5.95. The number of nitrogens with zero attached hydrogens (tertiary/aromatic N) is 1. The van der Waals surface area contributed by atoms with Crippen LogP contribution in [0.1, 0.15) is 30.1 Å². The molecule has 1 aliphatic heterocycles. The Kier molecular flexibility index (Phi) is 4.84. The normalized spacial score (nSPS) is 19.0. The van der Waals surface area contributed by atoms with E-state index in [4.69, 9.17) is 10.5 Å². The Bertz CT molecular complexity index is 476. The molecule has 1 fully saturated rings. The quantitative estimate of drug-likeness (QED) is 0.800. The summed E-state index contributed by atoms with van der Waals surface area (Å²) in [5, 5.41) is 2.99. The molecule has 1 aromatic rings. The van der Waals surface area contributed by atoms with Gasteiger partial charge < -0.3 is 15.8 Å². The molecule has 5 heteroatoms. The molecular formula is C15H23N3O2. The van der Waals surface area contributed by atoms with Crippen LogP contribution in [-0.2, 0) is 0 Å². The largest absolute Gasteiger partial charge is 0.495 e. The first-order valence-corrected chi connectivity index (χ1v) is 7.11. The lowest BCUT2D eigenvalue weighted by Gasteiger charge is -2.22. The number of carbonyl (C=O) groups is 1. The van der Waals surface area contributed by atoms with Crippen molar-refractivity contribution in [3.05, 3.63) is 23.8 Å². The fraction of sp³-hybridized carbons (Fsp3) is 0.533. The number of likely N-dealkylation sites (N-methyl/N-ethyl adjacent to an activating group) is 1. The van der Waals surface area contributed by atoms with Crippen LogP contribution in [0.25, 0.3) is 0 Å². The van der Waals surface area contributed by atoms with Crippen molar-refractivity contribution in [1.29, 1.82) is 0 Å². The number of ether oxygens (including phenoxy) is 1. The number of benzene rings is 1. The minimum absolute atomic E-state index is 0.0812. The smallest absolute Gasteiger partial charge is 0.251 e. The summed E-state index contributed by atoms with van der Waals surface area (Å²) >= 11 is 0. The number of methoxy groups -OCH3 is 1.